The molecule has 0 spiro atoms. The van der Waals surface area contributed by atoms with Crippen molar-refractivity contribution in [3.8, 4) is 34.4 Å². The van der Waals surface area contributed by atoms with Crippen molar-refractivity contribution in [1.29, 1.82) is 0 Å². The molecule has 0 radical (unpaired) electrons. The first-order valence-electron chi connectivity index (χ1n) is 20.1. The van der Waals surface area contributed by atoms with E-state index in [2.05, 4.69) is 176 Å². The lowest BCUT2D eigenvalue weighted by atomic mass is 9.34. The molecule has 0 atom stereocenters. The zero-order valence-electron chi connectivity index (χ0n) is 30.8. The van der Waals surface area contributed by atoms with Gasteiger partial charge in [0.05, 0.1) is 44.5 Å². The molecule has 58 heavy (non-hydrogen) atoms. The molecule has 4 aliphatic heterocycles. The number of rotatable bonds is 0. The Kier molecular flexibility index (Phi) is 4.72. The van der Waals surface area contributed by atoms with Crippen molar-refractivity contribution in [2.75, 3.05) is 0 Å². The molecule has 4 aliphatic rings. The monoisotopic (exact) mass is 736 g/mol. The lowest BCUT2D eigenvalue weighted by Gasteiger charge is -2.36. The average molecular weight is 736 g/mol. The van der Waals surface area contributed by atoms with E-state index in [1.807, 2.05) is 0 Å². The van der Waals surface area contributed by atoms with Crippen molar-refractivity contribution in [1.82, 2.24) is 17.9 Å². The molecule has 12 aromatic rings. The number of benzene rings is 8. The molecule has 6 nitrogen and oxygen atoms in total. The molecule has 0 saturated carbocycles. The Balaban J connectivity index is 1.18. The van der Waals surface area contributed by atoms with Gasteiger partial charge in [0.15, 0.2) is 0 Å². The zero-order chi connectivity index (χ0) is 37.1. The van der Waals surface area contributed by atoms with E-state index in [-0.39, 0.29) is 13.4 Å². The lowest BCUT2D eigenvalue weighted by Crippen LogP contribution is -2.59. The normalized spacial score (nSPS) is 14.1. The number of aromatic nitrogens is 4. The highest BCUT2D eigenvalue weighted by Crippen LogP contribution is 2.46. The van der Waals surface area contributed by atoms with Crippen LogP contribution in [0.15, 0.2) is 158 Å². The highest BCUT2D eigenvalue weighted by Gasteiger charge is 2.47. The third kappa shape index (κ3) is 3.00. The molecule has 8 heteroatoms. The Bertz CT molecular complexity index is 3700. The zero-order valence-corrected chi connectivity index (χ0v) is 30.8. The fourth-order valence-electron chi connectivity index (χ4n) is 11.8. The number of fused-ring (bicyclic) bond motifs is 23. The minimum Gasteiger partial charge on any atom is -0.458 e. The number of hydrogen-bond acceptors (Lipinski definition) is 2. The van der Waals surface area contributed by atoms with Gasteiger partial charge in [-0.1, -0.05) is 97.1 Å². The Morgan fingerprint density at radius 2 is 0.707 bits per heavy atom. The van der Waals surface area contributed by atoms with Gasteiger partial charge in [-0.25, -0.2) is 0 Å². The van der Waals surface area contributed by atoms with E-state index in [0.717, 1.165) is 45.1 Å². The maximum absolute atomic E-state index is 7.16. The van der Waals surface area contributed by atoms with Crippen LogP contribution >= 0.6 is 0 Å². The maximum atomic E-state index is 7.16. The topological polar surface area (TPSA) is 37.1 Å². The largest absolute Gasteiger partial charge is 0.458 e. The van der Waals surface area contributed by atoms with E-state index in [1.165, 1.54) is 87.9 Å². The fraction of sp³-hybridized carbons (Fsp3) is 0. The van der Waals surface area contributed by atoms with Gasteiger partial charge in [-0.2, -0.15) is 0 Å². The summed E-state index contributed by atoms with van der Waals surface area (Å²) in [4.78, 5) is 0. The second-order valence-electron chi connectivity index (χ2n) is 16.3. The SMILES string of the molecule is c1ccc2c(c1)Oc1cc3c4c5c(cc3c3c1B2c1c2ccccc2n2c6ccccc6n-3c12)Oc1ccccc1B5c1c2ccccc2n2c3ccccc3n-4c12. The van der Waals surface area contributed by atoms with Crippen LogP contribution in [0.5, 0.6) is 23.0 Å². The van der Waals surface area contributed by atoms with Crippen molar-refractivity contribution >= 4 is 112 Å². The molecule has 0 saturated heterocycles. The molecule has 8 heterocycles. The van der Waals surface area contributed by atoms with Gasteiger partial charge in [0.1, 0.15) is 34.3 Å². The Hall–Kier alpha value is -7.57. The van der Waals surface area contributed by atoms with E-state index in [0.29, 0.717) is 0 Å². The van der Waals surface area contributed by atoms with E-state index in [1.54, 1.807) is 0 Å². The third-order valence-corrected chi connectivity index (χ3v) is 13.8. The summed E-state index contributed by atoms with van der Waals surface area (Å²) in [5.41, 5.74) is 19.3. The summed E-state index contributed by atoms with van der Waals surface area (Å²) in [6, 6.07) is 57.6. The Labute approximate surface area is 330 Å². The quantitative estimate of drug-likeness (QED) is 0.152. The van der Waals surface area contributed by atoms with Crippen LogP contribution in [0.25, 0.3) is 77.3 Å². The summed E-state index contributed by atoms with van der Waals surface area (Å²) < 4.78 is 24.4. The third-order valence-electron chi connectivity index (χ3n) is 13.8. The van der Waals surface area contributed by atoms with Gasteiger partial charge >= 0.3 is 0 Å². The molecule has 0 aliphatic carbocycles. The van der Waals surface area contributed by atoms with Gasteiger partial charge in [0.2, 0.25) is 0 Å². The molecular formula is C50H26B2N4O2. The second kappa shape index (κ2) is 9.51. The van der Waals surface area contributed by atoms with E-state index in [9.17, 15) is 0 Å². The van der Waals surface area contributed by atoms with Gasteiger partial charge in [0.25, 0.3) is 13.4 Å². The van der Waals surface area contributed by atoms with Crippen LogP contribution in [-0.2, 0) is 0 Å². The molecule has 4 aromatic heterocycles. The highest BCUT2D eigenvalue weighted by molar-refractivity contribution is 7.01. The van der Waals surface area contributed by atoms with Gasteiger partial charge < -0.3 is 9.47 Å². The second-order valence-corrected chi connectivity index (χ2v) is 16.3. The summed E-state index contributed by atoms with van der Waals surface area (Å²) in [7, 11) is 0. The average Bonchev–Trinajstić information content (AvgIpc) is 4.01. The van der Waals surface area contributed by atoms with Crippen LogP contribution in [0.4, 0.5) is 0 Å². The minimum atomic E-state index is -0.0329. The molecule has 264 valence electrons. The summed E-state index contributed by atoms with van der Waals surface area (Å²) in [6.07, 6.45) is 0. The number of imidazole rings is 2. The number of hydrogen-bond donors (Lipinski definition) is 0. The molecule has 0 bridgehead atoms. The molecule has 0 unspecified atom stereocenters. The van der Waals surface area contributed by atoms with Crippen LogP contribution in [0.1, 0.15) is 0 Å². The van der Waals surface area contributed by atoms with Crippen LogP contribution in [0.3, 0.4) is 0 Å². The minimum absolute atomic E-state index is 0.0329. The number of ether oxygens (including phenoxy) is 2. The summed E-state index contributed by atoms with van der Waals surface area (Å²) in [5.74, 6) is 3.63. The highest BCUT2D eigenvalue weighted by atomic mass is 16.5. The number of nitrogens with zero attached hydrogens (tertiary/aromatic N) is 4. The molecule has 16 rings (SSSR count). The van der Waals surface area contributed by atoms with Gasteiger partial charge in [0, 0.05) is 10.8 Å². The summed E-state index contributed by atoms with van der Waals surface area (Å²) in [5, 5.41) is 4.84. The van der Waals surface area contributed by atoms with Crippen molar-refractivity contribution in [2.45, 2.75) is 0 Å². The van der Waals surface area contributed by atoms with Crippen LogP contribution < -0.4 is 42.3 Å². The first-order valence-corrected chi connectivity index (χ1v) is 20.1. The first kappa shape index (κ1) is 28.8. The smallest absolute Gasteiger partial charge is 0.259 e. The first-order chi connectivity index (χ1) is 28.8. The standard InChI is InChI=1S/C50H26B2N4O2/c1-5-17-33-27(13-1)43-49-53(33)35-19-7-9-21-37(35)55(49)47-29-26-42-46-48(30(29)25-41-45(47)51(43)31-15-3-11-23-39(31)57-41)56-38-22-10-8-20-36(38)54-34-18-6-2-14-28(34)44(50(54)56)52(46)32-16-4-12-24-40(32)58-42/h1-26H. The van der Waals surface area contributed by atoms with Crippen molar-refractivity contribution < 1.29 is 9.47 Å². The van der Waals surface area contributed by atoms with Crippen molar-refractivity contribution in [2.24, 2.45) is 0 Å². The van der Waals surface area contributed by atoms with Crippen LogP contribution in [0, 0.1) is 0 Å². The predicted octanol–water partition coefficient (Wildman–Crippen LogP) is 7.41. The van der Waals surface area contributed by atoms with Crippen LogP contribution in [0.2, 0.25) is 0 Å². The Morgan fingerprint density at radius 3 is 1.17 bits per heavy atom. The van der Waals surface area contributed by atoms with Crippen molar-refractivity contribution in [3.63, 3.8) is 0 Å². The van der Waals surface area contributed by atoms with Crippen LogP contribution in [-0.4, -0.2) is 31.4 Å². The summed E-state index contributed by atoms with van der Waals surface area (Å²) in [6.45, 7) is -0.0658. The van der Waals surface area contributed by atoms with Gasteiger partial charge in [-0.3, -0.25) is 17.9 Å². The molecule has 0 fully saturated rings. The number of para-hydroxylation sites is 8. The van der Waals surface area contributed by atoms with Crippen molar-refractivity contribution in [3.05, 3.63) is 158 Å². The maximum Gasteiger partial charge on any atom is 0.259 e. The van der Waals surface area contributed by atoms with E-state index >= 15 is 0 Å². The van der Waals surface area contributed by atoms with E-state index in [4.69, 9.17) is 9.47 Å². The molecule has 0 N–H and O–H groups in total. The summed E-state index contributed by atoms with van der Waals surface area (Å²) >= 11 is 0. The lowest BCUT2D eigenvalue weighted by molar-refractivity contribution is 0.486. The Morgan fingerprint density at radius 1 is 0.328 bits per heavy atom. The van der Waals surface area contributed by atoms with E-state index < -0.39 is 0 Å². The molecule has 8 aromatic carbocycles. The molecular weight excluding hydrogens is 710 g/mol. The predicted molar refractivity (Wildman–Crippen MR) is 237 cm³/mol. The van der Waals surface area contributed by atoms with Gasteiger partial charge in [-0.15, -0.1) is 0 Å². The van der Waals surface area contributed by atoms with Gasteiger partial charge in [-0.05, 0) is 104 Å². The molecule has 0 amide bonds. The fourth-order valence-corrected chi connectivity index (χ4v) is 11.8.